The van der Waals surface area contributed by atoms with Crippen LogP contribution in [0.3, 0.4) is 0 Å². The second-order valence-electron chi connectivity index (χ2n) is 5.92. The maximum absolute atomic E-state index is 10.7. The molecule has 0 aliphatic rings. The number of primary amides is 1. The van der Waals surface area contributed by atoms with Gasteiger partial charge in [0.15, 0.2) is 11.5 Å². The minimum absolute atomic E-state index is 0.399. The third-order valence-corrected chi connectivity index (χ3v) is 4.56. The highest BCUT2D eigenvalue weighted by Gasteiger charge is 2.13. The summed E-state index contributed by atoms with van der Waals surface area (Å²) in [7, 11) is 0. The Hall–Kier alpha value is -3.06. The van der Waals surface area contributed by atoms with E-state index in [2.05, 4.69) is 44.7 Å². The Kier molecular flexibility index (Phi) is 6.49. The molecule has 28 heavy (non-hydrogen) atoms. The fourth-order valence-electron chi connectivity index (χ4n) is 2.80. The van der Waals surface area contributed by atoms with E-state index >= 15 is 0 Å². The van der Waals surface area contributed by atoms with Crippen LogP contribution in [0.5, 0.6) is 11.5 Å². The van der Waals surface area contributed by atoms with Crippen molar-refractivity contribution in [3.8, 4) is 11.5 Å². The summed E-state index contributed by atoms with van der Waals surface area (Å²) in [5.74, 6) is 1.19. The minimum Gasteiger partial charge on any atom is -0.490 e. The van der Waals surface area contributed by atoms with Crippen LogP contribution in [0.25, 0.3) is 10.8 Å². The molecule has 0 fully saturated rings. The molecule has 6 nitrogen and oxygen atoms in total. The molecule has 144 valence electrons. The van der Waals surface area contributed by atoms with Crippen molar-refractivity contribution in [2.45, 2.75) is 13.5 Å². The van der Waals surface area contributed by atoms with Gasteiger partial charge < -0.3 is 15.2 Å². The van der Waals surface area contributed by atoms with E-state index in [1.165, 1.54) is 11.6 Å². The molecule has 0 spiro atoms. The summed E-state index contributed by atoms with van der Waals surface area (Å²) in [4.78, 5) is 10.7. The van der Waals surface area contributed by atoms with E-state index in [0.717, 1.165) is 21.0 Å². The van der Waals surface area contributed by atoms with Crippen LogP contribution in [0.1, 0.15) is 18.1 Å². The van der Waals surface area contributed by atoms with Crippen LogP contribution >= 0.6 is 15.9 Å². The molecule has 7 heteroatoms. The van der Waals surface area contributed by atoms with Crippen LogP contribution in [0, 0.1) is 0 Å². The van der Waals surface area contributed by atoms with Crippen molar-refractivity contribution in [3.63, 3.8) is 0 Å². The van der Waals surface area contributed by atoms with Crippen molar-refractivity contribution >= 4 is 38.9 Å². The summed E-state index contributed by atoms with van der Waals surface area (Å²) in [5, 5.41) is 6.10. The molecule has 0 atom stereocenters. The zero-order valence-corrected chi connectivity index (χ0v) is 16.9. The third-order valence-electron chi connectivity index (χ3n) is 3.97. The topological polar surface area (TPSA) is 85.9 Å². The van der Waals surface area contributed by atoms with Gasteiger partial charge in [0.25, 0.3) is 0 Å². The van der Waals surface area contributed by atoms with E-state index in [1.807, 2.05) is 37.3 Å². The second kappa shape index (κ2) is 9.23. The lowest BCUT2D eigenvalue weighted by Gasteiger charge is -2.15. The van der Waals surface area contributed by atoms with Crippen molar-refractivity contribution in [3.05, 3.63) is 70.2 Å². The summed E-state index contributed by atoms with van der Waals surface area (Å²) < 4.78 is 12.6. The summed E-state index contributed by atoms with van der Waals surface area (Å²) in [6, 6.07) is 17.2. The Balaban J connectivity index is 1.86. The highest BCUT2D eigenvalue weighted by atomic mass is 79.9. The molecule has 3 rings (SSSR count). The monoisotopic (exact) mass is 441 g/mol. The number of benzene rings is 3. The molecule has 0 aliphatic heterocycles. The lowest BCUT2D eigenvalue weighted by molar-refractivity contribution is 0.249. The third kappa shape index (κ3) is 4.80. The van der Waals surface area contributed by atoms with Crippen LogP contribution in [-0.4, -0.2) is 18.9 Å². The number of fused-ring (bicyclic) bond motifs is 1. The highest BCUT2D eigenvalue weighted by molar-refractivity contribution is 9.10. The van der Waals surface area contributed by atoms with Crippen LogP contribution < -0.4 is 20.6 Å². The van der Waals surface area contributed by atoms with Gasteiger partial charge in [0, 0.05) is 0 Å². The van der Waals surface area contributed by atoms with Crippen molar-refractivity contribution < 1.29 is 14.3 Å². The number of rotatable bonds is 7. The maximum Gasteiger partial charge on any atom is 0.332 e. The van der Waals surface area contributed by atoms with E-state index in [1.54, 1.807) is 6.07 Å². The normalized spacial score (nSPS) is 10.9. The van der Waals surface area contributed by atoms with E-state index in [0.29, 0.717) is 24.7 Å². The number of hydrogen-bond donors (Lipinski definition) is 2. The van der Waals surface area contributed by atoms with Crippen molar-refractivity contribution in [1.29, 1.82) is 0 Å². The average molecular weight is 442 g/mol. The Morgan fingerprint density at radius 2 is 1.96 bits per heavy atom. The van der Waals surface area contributed by atoms with Crippen molar-refractivity contribution in [2.24, 2.45) is 10.8 Å². The number of urea groups is 1. The first-order chi connectivity index (χ1) is 13.6. The van der Waals surface area contributed by atoms with E-state index in [9.17, 15) is 4.79 Å². The van der Waals surface area contributed by atoms with Gasteiger partial charge >= 0.3 is 6.03 Å². The Labute approximate surface area is 171 Å². The number of hydrogen-bond acceptors (Lipinski definition) is 4. The quantitative estimate of drug-likeness (QED) is 0.415. The minimum atomic E-state index is -0.726. The molecule has 0 aliphatic carbocycles. The number of amides is 2. The molecular weight excluding hydrogens is 422 g/mol. The van der Waals surface area contributed by atoms with Gasteiger partial charge in [0.05, 0.1) is 17.3 Å². The molecule has 0 radical (unpaired) electrons. The Morgan fingerprint density at radius 3 is 2.75 bits per heavy atom. The number of carbonyl (C=O) groups excluding carboxylic acids is 1. The van der Waals surface area contributed by atoms with Crippen LogP contribution in [0.2, 0.25) is 0 Å². The SMILES string of the molecule is CCOc1cc(/C=N/NC(N)=O)cc(Br)c1OCc1cccc2ccccc12. The number of ether oxygens (including phenoxy) is 2. The first-order valence-electron chi connectivity index (χ1n) is 8.72. The number of carbonyl (C=O) groups is 1. The lowest BCUT2D eigenvalue weighted by atomic mass is 10.1. The molecule has 0 aromatic heterocycles. The number of nitrogens with one attached hydrogen (secondary N) is 1. The van der Waals surface area contributed by atoms with Gasteiger partial charge in [-0.25, -0.2) is 10.2 Å². The molecule has 0 unspecified atom stereocenters. The largest absolute Gasteiger partial charge is 0.490 e. The second-order valence-corrected chi connectivity index (χ2v) is 6.78. The van der Waals surface area contributed by atoms with Gasteiger partial charge in [-0.05, 0) is 56.9 Å². The molecule has 3 N–H and O–H groups in total. The summed E-state index contributed by atoms with van der Waals surface area (Å²) >= 11 is 3.53. The summed E-state index contributed by atoms with van der Waals surface area (Å²) in [6.07, 6.45) is 1.48. The number of hydrazone groups is 1. The highest BCUT2D eigenvalue weighted by Crippen LogP contribution is 2.37. The molecule has 0 saturated carbocycles. The standard InChI is InChI=1S/C21H20BrN3O3/c1-2-27-19-11-14(12-24-25-21(23)26)10-18(22)20(19)28-13-16-8-5-7-15-6-3-4-9-17(15)16/h3-12H,2,13H2,1H3,(H3,23,25,26)/b24-12+. The maximum atomic E-state index is 10.7. The summed E-state index contributed by atoms with van der Waals surface area (Å²) in [6.45, 7) is 2.78. The van der Waals surface area contributed by atoms with Crippen molar-refractivity contribution in [2.75, 3.05) is 6.61 Å². The number of nitrogens with zero attached hydrogens (tertiary/aromatic N) is 1. The fourth-order valence-corrected chi connectivity index (χ4v) is 3.38. The van der Waals surface area contributed by atoms with Gasteiger partial charge in [-0.2, -0.15) is 5.10 Å². The molecule has 0 heterocycles. The predicted molar refractivity (Wildman–Crippen MR) is 114 cm³/mol. The number of nitrogens with two attached hydrogens (primary N) is 1. The fraction of sp³-hybridized carbons (Fsp3) is 0.143. The van der Waals surface area contributed by atoms with E-state index in [4.69, 9.17) is 15.2 Å². The first kappa shape index (κ1) is 19.7. The molecular formula is C21H20BrN3O3. The molecule has 0 bridgehead atoms. The molecule has 3 aromatic carbocycles. The average Bonchev–Trinajstić information content (AvgIpc) is 2.67. The zero-order chi connectivity index (χ0) is 19.9. The van der Waals surface area contributed by atoms with Gasteiger partial charge in [-0.3, -0.25) is 0 Å². The number of halogens is 1. The van der Waals surface area contributed by atoms with Crippen LogP contribution in [0.4, 0.5) is 4.79 Å². The van der Waals surface area contributed by atoms with Crippen LogP contribution in [-0.2, 0) is 6.61 Å². The first-order valence-corrected chi connectivity index (χ1v) is 9.52. The van der Waals surface area contributed by atoms with Gasteiger partial charge in [0.1, 0.15) is 6.61 Å². The van der Waals surface area contributed by atoms with Gasteiger partial charge in [-0.1, -0.05) is 42.5 Å². The van der Waals surface area contributed by atoms with E-state index < -0.39 is 6.03 Å². The van der Waals surface area contributed by atoms with Crippen LogP contribution in [0.15, 0.2) is 64.2 Å². The zero-order valence-electron chi connectivity index (χ0n) is 15.3. The smallest absolute Gasteiger partial charge is 0.332 e. The Morgan fingerprint density at radius 1 is 1.18 bits per heavy atom. The lowest BCUT2D eigenvalue weighted by Crippen LogP contribution is -2.24. The van der Waals surface area contributed by atoms with Gasteiger partial charge in [0.2, 0.25) is 0 Å². The molecule has 0 saturated heterocycles. The summed E-state index contributed by atoms with van der Waals surface area (Å²) in [5.41, 5.74) is 8.98. The molecule has 3 aromatic rings. The Bertz CT molecular complexity index is 1020. The molecule has 2 amide bonds. The predicted octanol–water partition coefficient (Wildman–Crippen LogP) is 4.58. The van der Waals surface area contributed by atoms with Gasteiger partial charge in [-0.15, -0.1) is 0 Å². The van der Waals surface area contributed by atoms with Crippen molar-refractivity contribution in [1.82, 2.24) is 5.43 Å². The van der Waals surface area contributed by atoms with E-state index in [-0.39, 0.29) is 0 Å².